The van der Waals surface area contributed by atoms with E-state index in [0.717, 1.165) is 22.5 Å². The number of carbonyl (C=O) groups is 1. The lowest BCUT2D eigenvalue weighted by molar-refractivity contribution is -0.144. The molecule has 1 aliphatic carbocycles. The van der Waals surface area contributed by atoms with Crippen LogP contribution < -0.4 is 4.74 Å². The molecule has 2 aromatic carbocycles. The molecular weight excluding hydrogens is 374 g/mol. The van der Waals surface area contributed by atoms with Crippen LogP contribution in [0.3, 0.4) is 0 Å². The Bertz CT molecular complexity index is 1010. The fourth-order valence-corrected chi connectivity index (χ4v) is 3.59. The molecule has 3 rings (SSSR count). The van der Waals surface area contributed by atoms with Gasteiger partial charge in [-0.3, -0.25) is 4.79 Å². The molecule has 2 aromatic rings. The highest BCUT2D eigenvalue weighted by atomic mass is 16.5. The summed E-state index contributed by atoms with van der Waals surface area (Å²) in [6.07, 6.45) is 3.98. The minimum absolute atomic E-state index is 0.0460. The molecule has 0 saturated heterocycles. The first-order valence-electron chi connectivity index (χ1n) is 10.2. The Hall–Kier alpha value is -3.32. The maximum atomic E-state index is 12.4. The Morgan fingerprint density at radius 3 is 2.53 bits per heavy atom. The van der Waals surface area contributed by atoms with Gasteiger partial charge in [-0.25, -0.2) is 0 Å². The number of allylic oxidation sites excluding steroid dienone is 2. The first-order chi connectivity index (χ1) is 14.4. The number of esters is 1. The summed E-state index contributed by atoms with van der Waals surface area (Å²) in [5, 5.41) is 9.22. The summed E-state index contributed by atoms with van der Waals surface area (Å²) in [4.78, 5) is 12.4. The first-order valence-corrected chi connectivity index (χ1v) is 10.2. The lowest BCUT2D eigenvalue weighted by atomic mass is 9.79. The van der Waals surface area contributed by atoms with Crippen molar-refractivity contribution in [2.75, 3.05) is 13.7 Å². The highest BCUT2D eigenvalue weighted by Gasteiger charge is 2.30. The Labute approximate surface area is 178 Å². The predicted octanol–water partition coefficient (Wildman–Crippen LogP) is 5.51. The van der Waals surface area contributed by atoms with Gasteiger partial charge < -0.3 is 9.47 Å². The second kappa shape index (κ2) is 9.45. The summed E-state index contributed by atoms with van der Waals surface area (Å²) in [6, 6.07) is 17.7. The van der Waals surface area contributed by atoms with Gasteiger partial charge in [-0.1, -0.05) is 57.2 Å². The molecule has 4 nitrogen and oxygen atoms in total. The Kier molecular flexibility index (Phi) is 6.74. The SMILES string of the molecule is COC(=O)C1C=C(c2cccc(C#N)c2)C=C(COc2ccc(C(C)C)cc2)C1C. The number of nitriles is 1. The summed E-state index contributed by atoms with van der Waals surface area (Å²) in [5.74, 6) is 0.545. The van der Waals surface area contributed by atoms with E-state index in [2.05, 4.69) is 38.1 Å². The van der Waals surface area contributed by atoms with Crippen LogP contribution in [0, 0.1) is 23.2 Å². The van der Waals surface area contributed by atoms with Crippen molar-refractivity contribution in [3.8, 4) is 11.8 Å². The maximum Gasteiger partial charge on any atom is 0.313 e. The molecule has 4 heteroatoms. The minimum atomic E-state index is -0.400. The minimum Gasteiger partial charge on any atom is -0.489 e. The number of benzene rings is 2. The van der Waals surface area contributed by atoms with E-state index in [9.17, 15) is 10.1 Å². The zero-order valence-electron chi connectivity index (χ0n) is 17.9. The van der Waals surface area contributed by atoms with E-state index in [1.807, 2.05) is 43.3 Å². The van der Waals surface area contributed by atoms with Gasteiger partial charge in [0.1, 0.15) is 12.4 Å². The van der Waals surface area contributed by atoms with Crippen molar-refractivity contribution in [1.29, 1.82) is 5.26 Å². The highest BCUT2D eigenvalue weighted by Crippen LogP contribution is 2.34. The van der Waals surface area contributed by atoms with Gasteiger partial charge in [0.05, 0.1) is 24.7 Å². The smallest absolute Gasteiger partial charge is 0.313 e. The lowest BCUT2D eigenvalue weighted by Crippen LogP contribution is -2.27. The standard InChI is InChI=1S/C26H27NO3/c1-17(2)20-8-10-24(11-9-20)30-16-23-13-22(14-25(18(23)3)26(28)29-4)21-7-5-6-19(12-21)15-27/h5-14,17-18,25H,16H2,1-4H3. The summed E-state index contributed by atoms with van der Waals surface area (Å²) < 4.78 is 11.1. The van der Waals surface area contributed by atoms with Gasteiger partial charge in [-0.05, 0) is 58.4 Å². The third-order valence-corrected chi connectivity index (χ3v) is 5.57. The van der Waals surface area contributed by atoms with Crippen LogP contribution in [0.25, 0.3) is 5.57 Å². The number of hydrogen-bond acceptors (Lipinski definition) is 4. The van der Waals surface area contributed by atoms with Crippen LogP contribution in [0.15, 0.2) is 66.3 Å². The van der Waals surface area contributed by atoms with Crippen molar-refractivity contribution in [3.05, 3.63) is 82.9 Å². The average Bonchev–Trinajstić information content (AvgIpc) is 2.78. The van der Waals surface area contributed by atoms with E-state index in [1.54, 1.807) is 6.07 Å². The van der Waals surface area contributed by atoms with Crippen LogP contribution >= 0.6 is 0 Å². The number of ether oxygens (including phenoxy) is 2. The van der Waals surface area contributed by atoms with E-state index in [0.29, 0.717) is 18.1 Å². The monoisotopic (exact) mass is 401 g/mol. The maximum absolute atomic E-state index is 12.4. The molecule has 2 unspecified atom stereocenters. The highest BCUT2D eigenvalue weighted by molar-refractivity contribution is 5.84. The van der Waals surface area contributed by atoms with Crippen molar-refractivity contribution < 1.29 is 14.3 Å². The molecule has 0 aromatic heterocycles. The number of hydrogen-bond donors (Lipinski definition) is 0. The second-order valence-corrected chi connectivity index (χ2v) is 7.88. The van der Waals surface area contributed by atoms with Crippen molar-refractivity contribution in [3.63, 3.8) is 0 Å². The zero-order chi connectivity index (χ0) is 21.7. The van der Waals surface area contributed by atoms with Gasteiger partial charge >= 0.3 is 5.97 Å². The molecule has 0 aliphatic heterocycles. The normalized spacial score (nSPS) is 18.3. The summed E-state index contributed by atoms with van der Waals surface area (Å²) in [6.45, 7) is 6.71. The fraction of sp³-hybridized carbons (Fsp3) is 0.308. The molecular formula is C26H27NO3. The van der Waals surface area contributed by atoms with Gasteiger partial charge in [0.15, 0.2) is 0 Å². The molecule has 0 amide bonds. The largest absolute Gasteiger partial charge is 0.489 e. The quantitative estimate of drug-likeness (QED) is 0.599. The molecule has 0 saturated carbocycles. The molecule has 0 radical (unpaired) electrons. The van der Waals surface area contributed by atoms with Crippen LogP contribution in [0.1, 0.15) is 43.4 Å². The Balaban J connectivity index is 1.87. The molecule has 0 fully saturated rings. The van der Waals surface area contributed by atoms with Crippen molar-refractivity contribution >= 4 is 11.5 Å². The van der Waals surface area contributed by atoms with Crippen LogP contribution in [-0.4, -0.2) is 19.7 Å². The molecule has 0 bridgehead atoms. The van der Waals surface area contributed by atoms with E-state index in [-0.39, 0.29) is 11.9 Å². The molecule has 0 N–H and O–H groups in total. The summed E-state index contributed by atoms with van der Waals surface area (Å²) in [5.41, 5.74) is 4.65. The third-order valence-electron chi connectivity index (χ3n) is 5.57. The van der Waals surface area contributed by atoms with Crippen molar-refractivity contribution in [2.45, 2.75) is 26.7 Å². The van der Waals surface area contributed by atoms with E-state index >= 15 is 0 Å². The van der Waals surface area contributed by atoms with Gasteiger partial charge in [-0.2, -0.15) is 5.26 Å². The molecule has 30 heavy (non-hydrogen) atoms. The average molecular weight is 402 g/mol. The van der Waals surface area contributed by atoms with E-state index < -0.39 is 5.92 Å². The molecule has 0 heterocycles. The summed E-state index contributed by atoms with van der Waals surface area (Å²) >= 11 is 0. The van der Waals surface area contributed by atoms with Gasteiger partial charge in [0, 0.05) is 0 Å². The number of carbonyl (C=O) groups excluding carboxylic acids is 1. The van der Waals surface area contributed by atoms with Crippen molar-refractivity contribution in [1.82, 2.24) is 0 Å². The predicted molar refractivity (Wildman–Crippen MR) is 118 cm³/mol. The number of methoxy groups -OCH3 is 1. The molecule has 0 spiro atoms. The number of nitrogens with zero attached hydrogens (tertiary/aromatic N) is 1. The van der Waals surface area contributed by atoms with Crippen LogP contribution in [0.4, 0.5) is 0 Å². The van der Waals surface area contributed by atoms with Crippen LogP contribution in [0.2, 0.25) is 0 Å². The van der Waals surface area contributed by atoms with Crippen LogP contribution in [0.5, 0.6) is 5.75 Å². The molecule has 1 aliphatic rings. The topological polar surface area (TPSA) is 59.3 Å². The van der Waals surface area contributed by atoms with E-state index in [1.165, 1.54) is 12.7 Å². The summed E-state index contributed by atoms with van der Waals surface area (Å²) in [7, 11) is 1.41. The Morgan fingerprint density at radius 1 is 1.17 bits per heavy atom. The van der Waals surface area contributed by atoms with Gasteiger partial charge in [0.25, 0.3) is 0 Å². The molecule has 154 valence electrons. The van der Waals surface area contributed by atoms with Crippen molar-refractivity contribution in [2.24, 2.45) is 11.8 Å². The fourth-order valence-electron chi connectivity index (χ4n) is 3.59. The first kappa shape index (κ1) is 21.4. The van der Waals surface area contributed by atoms with Gasteiger partial charge in [0.2, 0.25) is 0 Å². The lowest BCUT2D eigenvalue weighted by Gasteiger charge is -2.27. The van der Waals surface area contributed by atoms with E-state index in [4.69, 9.17) is 9.47 Å². The van der Waals surface area contributed by atoms with Crippen LogP contribution in [-0.2, 0) is 9.53 Å². The second-order valence-electron chi connectivity index (χ2n) is 7.88. The number of rotatable bonds is 6. The third kappa shape index (κ3) is 4.80. The zero-order valence-corrected chi connectivity index (χ0v) is 17.9. The molecule has 2 atom stereocenters. The van der Waals surface area contributed by atoms with Gasteiger partial charge in [-0.15, -0.1) is 0 Å². The Morgan fingerprint density at radius 2 is 1.90 bits per heavy atom.